The number of ether oxygens (including phenoxy) is 2. The molecule has 122 valence electrons. The summed E-state index contributed by atoms with van der Waals surface area (Å²) < 4.78 is 11.5. The van der Waals surface area contributed by atoms with Gasteiger partial charge in [0.05, 0.1) is 17.7 Å². The first-order valence-electron chi connectivity index (χ1n) is 7.37. The summed E-state index contributed by atoms with van der Waals surface area (Å²) in [6.07, 6.45) is 0.0843. The number of halogens is 1. The lowest BCUT2D eigenvalue weighted by atomic mass is 10.2. The molecule has 0 bridgehead atoms. The topological polar surface area (TPSA) is 47.6 Å². The zero-order valence-corrected chi connectivity index (χ0v) is 15.0. The number of benzene rings is 2. The summed E-state index contributed by atoms with van der Waals surface area (Å²) >= 11 is 3.44. The third-order valence-corrected chi connectivity index (χ3v) is 3.79. The molecule has 0 aromatic heterocycles. The molecule has 0 fully saturated rings. The van der Waals surface area contributed by atoms with Crippen molar-refractivity contribution in [2.45, 2.75) is 26.5 Å². The predicted molar refractivity (Wildman–Crippen MR) is 94.1 cm³/mol. The van der Waals surface area contributed by atoms with Crippen LogP contribution in [0, 0.1) is 0 Å². The zero-order valence-electron chi connectivity index (χ0n) is 13.4. The molecule has 5 heteroatoms. The largest absolute Gasteiger partial charge is 0.497 e. The molecule has 0 aliphatic rings. The van der Waals surface area contributed by atoms with Crippen molar-refractivity contribution in [2.75, 3.05) is 7.11 Å². The van der Waals surface area contributed by atoms with Crippen molar-refractivity contribution in [3.63, 3.8) is 0 Å². The molecule has 1 amide bonds. The molecule has 0 spiro atoms. The van der Waals surface area contributed by atoms with E-state index in [9.17, 15) is 4.79 Å². The summed E-state index contributed by atoms with van der Waals surface area (Å²) in [6.45, 7) is 4.38. The third kappa shape index (κ3) is 4.99. The minimum Gasteiger partial charge on any atom is -0.497 e. The molecule has 1 N–H and O–H groups in total. The molecule has 2 aromatic rings. The molecule has 23 heavy (non-hydrogen) atoms. The second kappa shape index (κ2) is 8.02. The first kappa shape index (κ1) is 17.3. The number of nitrogens with one attached hydrogen (secondary N) is 1. The molecule has 0 atom stereocenters. The fourth-order valence-electron chi connectivity index (χ4n) is 2.02. The molecule has 2 rings (SSSR count). The van der Waals surface area contributed by atoms with Crippen LogP contribution in [0.15, 0.2) is 46.9 Å². The maximum atomic E-state index is 12.2. The van der Waals surface area contributed by atoms with E-state index in [-0.39, 0.29) is 12.0 Å². The highest BCUT2D eigenvalue weighted by Crippen LogP contribution is 2.27. The van der Waals surface area contributed by atoms with Crippen LogP contribution in [-0.2, 0) is 6.54 Å². The van der Waals surface area contributed by atoms with E-state index in [0.29, 0.717) is 12.1 Å². The summed E-state index contributed by atoms with van der Waals surface area (Å²) in [6, 6.07) is 12.9. The minimum absolute atomic E-state index is 0.0843. The van der Waals surface area contributed by atoms with Gasteiger partial charge in [-0.05, 0) is 65.7 Å². The van der Waals surface area contributed by atoms with Gasteiger partial charge in [-0.1, -0.05) is 12.1 Å². The van der Waals surface area contributed by atoms with Gasteiger partial charge in [0, 0.05) is 12.1 Å². The molecule has 4 nitrogen and oxygen atoms in total. The monoisotopic (exact) mass is 377 g/mol. The Hall–Kier alpha value is -2.01. The molecular formula is C18H20BrNO3. The van der Waals surface area contributed by atoms with Gasteiger partial charge >= 0.3 is 0 Å². The van der Waals surface area contributed by atoms with E-state index in [1.807, 2.05) is 38.1 Å². The maximum absolute atomic E-state index is 12.2. The van der Waals surface area contributed by atoms with Crippen molar-refractivity contribution >= 4 is 21.8 Å². The summed E-state index contributed by atoms with van der Waals surface area (Å²) in [5.41, 5.74) is 1.60. The van der Waals surface area contributed by atoms with E-state index in [1.54, 1.807) is 25.3 Å². The van der Waals surface area contributed by atoms with Crippen LogP contribution in [0.1, 0.15) is 29.8 Å². The van der Waals surface area contributed by atoms with E-state index < -0.39 is 0 Å². The predicted octanol–water partition coefficient (Wildman–Crippen LogP) is 4.17. The number of carbonyl (C=O) groups is 1. The van der Waals surface area contributed by atoms with Crippen LogP contribution in [0.25, 0.3) is 0 Å². The smallest absolute Gasteiger partial charge is 0.251 e. The van der Waals surface area contributed by atoms with E-state index >= 15 is 0 Å². The van der Waals surface area contributed by atoms with Crippen molar-refractivity contribution in [3.8, 4) is 11.5 Å². The van der Waals surface area contributed by atoms with Crippen molar-refractivity contribution < 1.29 is 14.3 Å². The molecule has 0 radical (unpaired) electrons. The number of rotatable bonds is 6. The molecule has 0 aliphatic heterocycles. The fourth-order valence-corrected chi connectivity index (χ4v) is 2.49. The maximum Gasteiger partial charge on any atom is 0.251 e. The van der Waals surface area contributed by atoms with Crippen molar-refractivity contribution in [1.29, 1.82) is 0 Å². The van der Waals surface area contributed by atoms with Crippen LogP contribution in [0.3, 0.4) is 0 Å². The van der Waals surface area contributed by atoms with Gasteiger partial charge in [-0.3, -0.25) is 4.79 Å². The quantitative estimate of drug-likeness (QED) is 0.821. The van der Waals surface area contributed by atoms with E-state index in [4.69, 9.17) is 9.47 Å². The Morgan fingerprint density at radius 3 is 2.43 bits per heavy atom. The van der Waals surface area contributed by atoms with E-state index in [0.717, 1.165) is 21.5 Å². The zero-order chi connectivity index (χ0) is 16.8. The average Bonchev–Trinajstić information content (AvgIpc) is 2.54. The van der Waals surface area contributed by atoms with E-state index in [2.05, 4.69) is 21.2 Å². The van der Waals surface area contributed by atoms with Crippen LogP contribution in [0.5, 0.6) is 11.5 Å². The average molecular weight is 378 g/mol. The molecule has 0 heterocycles. The lowest BCUT2D eigenvalue weighted by molar-refractivity contribution is 0.0951. The Bertz CT molecular complexity index is 668. The highest BCUT2D eigenvalue weighted by Gasteiger charge is 2.10. The second-order valence-corrected chi connectivity index (χ2v) is 6.20. The van der Waals surface area contributed by atoms with Crippen LogP contribution in [0.4, 0.5) is 0 Å². The lowest BCUT2D eigenvalue weighted by Gasteiger charge is -2.12. The molecule has 0 aliphatic carbocycles. The van der Waals surface area contributed by atoms with Crippen molar-refractivity contribution in [2.24, 2.45) is 0 Å². The molecule has 0 unspecified atom stereocenters. The molecule has 2 aromatic carbocycles. The summed E-state index contributed by atoms with van der Waals surface area (Å²) in [4.78, 5) is 12.2. The highest BCUT2D eigenvalue weighted by atomic mass is 79.9. The summed E-state index contributed by atoms with van der Waals surface area (Å²) in [5.74, 6) is 1.40. The molecular weight excluding hydrogens is 358 g/mol. The number of methoxy groups -OCH3 is 1. The van der Waals surface area contributed by atoms with Crippen LogP contribution >= 0.6 is 15.9 Å². The Labute approximate surface area is 144 Å². The number of hydrogen-bond acceptors (Lipinski definition) is 3. The summed E-state index contributed by atoms with van der Waals surface area (Å²) in [7, 11) is 1.63. The third-order valence-electron chi connectivity index (χ3n) is 3.17. The van der Waals surface area contributed by atoms with Gasteiger partial charge in [-0.25, -0.2) is 0 Å². The standard InChI is InChI=1S/C18H20BrNO3/c1-12(2)23-17-9-6-14(10-16(17)19)18(21)20-11-13-4-7-15(22-3)8-5-13/h4-10,12H,11H2,1-3H3,(H,20,21). The lowest BCUT2D eigenvalue weighted by Crippen LogP contribution is -2.22. The van der Waals surface area contributed by atoms with Crippen molar-refractivity contribution in [3.05, 3.63) is 58.1 Å². The second-order valence-electron chi connectivity index (χ2n) is 5.34. The van der Waals surface area contributed by atoms with Crippen LogP contribution in [-0.4, -0.2) is 19.1 Å². The van der Waals surface area contributed by atoms with Gasteiger partial charge in [0.2, 0.25) is 0 Å². The highest BCUT2D eigenvalue weighted by molar-refractivity contribution is 9.10. The first-order chi connectivity index (χ1) is 11.0. The first-order valence-corrected chi connectivity index (χ1v) is 8.16. The molecule has 0 saturated carbocycles. The van der Waals surface area contributed by atoms with Crippen LogP contribution in [0.2, 0.25) is 0 Å². The normalized spacial score (nSPS) is 10.5. The summed E-state index contributed by atoms with van der Waals surface area (Å²) in [5, 5.41) is 2.90. The molecule has 0 saturated heterocycles. The van der Waals surface area contributed by atoms with Gasteiger partial charge in [0.15, 0.2) is 0 Å². The Morgan fingerprint density at radius 2 is 1.87 bits per heavy atom. The Balaban J connectivity index is 1.98. The van der Waals surface area contributed by atoms with Gasteiger partial charge in [-0.2, -0.15) is 0 Å². The Kier molecular flexibility index (Phi) is 6.04. The van der Waals surface area contributed by atoms with Gasteiger partial charge in [0.1, 0.15) is 11.5 Å². The Morgan fingerprint density at radius 1 is 1.17 bits per heavy atom. The minimum atomic E-state index is -0.127. The van der Waals surface area contributed by atoms with Gasteiger partial charge in [0.25, 0.3) is 5.91 Å². The van der Waals surface area contributed by atoms with Crippen LogP contribution < -0.4 is 14.8 Å². The van der Waals surface area contributed by atoms with Gasteiger partial charge < -0.3 is 14.8 Å². The SMILES string of the molecule is COc1ccc(CNC(=O)c2ccc(OC(C)C)c(Br)c2)cc1. The number of hydrogen-bond donors (Lipinski definition) is 1. The number of amides is 1. The van der Waals surface area contributed by atoms with E-state index in [1.165, 1.54) is 0 Å². The van der Waals surface area contributed by atoms with Gasteiger partial charge in [-0.15, -0.1) is 0 Å². The fraction of sp³-hybridized carbons (Fsp3) is 0.278. The number of carbonyl (C=O) groups excluding carboxylic acids is 1. The van der Waals surface area contributed by atoms with Crippen molar-refractivity contribution in [1.82, 2.24) is 5.32 Å².